The van der Waals surface area contributed by atoms with Gasteiger partial charge >= 0.3 is 6.03 Å². The highest BCUT2D eigenvalue weighted by Crippen LogP contribution is 2.10. The second kappa shape index (κ2) is 4.38. The average Bonchev–Trinajstić information content (AvgIpc) is 2.83. The number of nitrogens with zero attached hydrogens (tertiary/aromatic N) is 1. The molecule has 2 aromatic carbocycles. The molecule has 5 heteroatoms. The molecule has 1 unspecified atom stereocenters. The fourth-order valence-corrected chi connectivity index (χ4v) is 1.92. The topological polar surface area (TPSA) is 48.8 Å². The minimum atomic E-state index is -0.224. The minimum Gasteiger partial charge on any atom is -0.242 e. The van der Waals surface area contributed by atoms with Gasteiger partial charge in [-0.1, -0.05) is 46.6 Å². The molecule has 0 radical (unpaired) electrons. The highest BCUT2D eigenvalue weighted by molar-refractivity contribution is 5.76. The number of carbonyl (C=O) groups excluding carboxylic acids is 1. The molecule has 0 spiro atoms. The van der Waals surface area contributed by atoms with Crippen molar-refractivity contribution in [2.75, 3.05) is 5.12 Å². The Morgan fingerprint density at radius 3 is 2.17 bits per heavy atom. The summed E-state index contributed by atoms with van der Waals surface area (Å²) < 4.78 is 0. The van der Waals surface area contributed by atoms with Crippen LogP contribution in [0.1, 0.15) is 0 Å². The third-order valence-electron chi connectivity index (χ3n) is 2.73. The molecule has 1 fully saturated rings. The maximum absolute atomic E-state index is 11.5. The summed E-state index contributed by atoms with van der Waals surface area (Å²) in [5.74, 6) is 0. The van der Waals surface area contributed by atoms with Gasteiger partial charge in [0, 0.05) is 12.1 Å². The molecule has 1 atom stereocenters. The van der Waals surface area contributed by atoms with Crippen LogP contribution in [0.25, 0.3) is 0 Å². The van der Waals surface area contributed by atoms with Crippen molar-refractivity contribution in [2.45, 2.75) is 0 Å². The summed E-state index contributed by atoms with van der Waals surface area (Å²) in [6, 6.07) is 19.2. The van der Waals surface area contributed by atoms with Crippen molar-refractivity contribution in [3.8, 4) is 0 Å². The second-order valence-electron chi connectivity index (χ2n) is 3.95. The Hall–Kier alpha value is -2.53. The molecular formula is C13H13N4O+. The number of nitrogens with one attached hydrogen (secondary N) is 3. The van der Waals surface area contributed by atoms with E-state index in [-0.39, 0.29) is 6.03 Å². The van der Waals surface area contributed by atoms with E-state index in [1.807, 2.05) is 60.7 Å². The van der Waals surface area contributed by atoms with Crippen molar-refractivity contribution in [3.05, 3.63) is 60.7 Å². The summed E-state index contributed by atoms with van der Waals surface area (Å²) >= 11 is 0. The lowest BCUT2D eigenvalue weighted by atomic mass is 10.3. The van der Waals surface area contributed by atoms with E-state index >= 15 is 0 Å². The standard InChI is InChI=1S/C13H12N4O/c18-13-14-16(11-7-3-1-4-8-11)17(15-13)12-9-5-2-6-10-12/h1-10H,(H2,14,15,18)/p+1. The number of hydrogen-bond acceptors (Lipinski definition) is 2. The van der Waals surface area contributed by atoms with Crippen LogP contribution in [-0.2, 0) is 0 Å². The third kappa shape index (κ3) is 1.87. The van der Waals surface area contributed by atoms with Crippen LogP contribution >= 0.6 is 0 Å². The van der Waals surface area contributed by atoms with E-state index < -0.39 is 0 Å². The first-order chi connectivity index (χ1) is 8.84. The number of hydrazine groups is 1. The molecule has 2 aromatic rings. The van der Waals surface area contributed by atoms with Gasteiger partial charge in [0.05, 0.1) is 0 Å². The van der Waals surface area contributed by atoms with E-state index in [0.29, 0.717) is 0 Å². The van der Waals surface area contributed by atoms with E-state index in [0.717, 1.165) is 16.5 Å². The zero-order chi connectivity index (χ0) is 12.4. The van der Waals surface area contributed by atoms with Gasteiger partial charge < -0.3 is 0 Å². The van der Waals surface area contributed by atoms with Crippen LogP contribution in [0, 0.1) is 0 Å². The van der Waals surface area contributed by atoms with Gasteiger partial charge in [-0.3, -0.25) is 0 Å². The number of anilines is 1. The molecular weight excluding hydrogens is 228 g/mol. The monoisotopic (exact) mass is 241 g/mol. The molecule has 3 rings (SSSR count). The number of urea groups is 1. The molecule has 0 aliphatic carbocycles. The van der Waals surface area contributed by atoms with Gasteiger partial charge in [0.1, 0.15) is 5.69 Å². The van der Waals surface area contributed by atoms with Crippen LogP contribution in [0.5, 0.6) is 0 Å². The SMILES string of the molecule is O=C1NN(c2ccccc2)[NH+](c2ccccc2)N1. The van der Waals surface area contributed by atoms with E-state index in [1.165, 1.54) is 0 Å². The third-order valence-corrected chi connectivity index (χ3v) is 2.73. The van der Waals surface area contributed by atoms with Gasteiger partial charge in [0.25, 0.3) is 0 Å². The highest BCUT2D eigenvalue weighted by Gasteiger charge is 2.33. The Morgan fingerprint density at radius 1 is 0.889 bits per heavy atom. The Kier molecular flexibility index (Phi) is 2.59. The predicted octanol–water partition coefficient (Wildman–Crippen LogP) is 0.767. The normalized spacial score (nSPS) is 18.3. The molecule has 0 aromatic heterocycles. The Morgan fingerprint density at radius 2 is 1.50 bits per heavy atom. The van der Waals surface area contributed by atoms with Gasteiger partial charge in [0.2, 0.25) is 0 Å². The Balaban J connectivity index is 1.96. The zero-order valence-electron chi connectivity index (χ0n) is 9.63. The molecule has 90 valence electrons. The zero-order valence-corrected chi connectivity index (χ0v) is 9.63. The van der Waals surface area contributed by atoms with Gasteiger partial charge in [0.15, 0.2) is 5.69 Å². The van der Waals surface area contributed by atoms with Crippen molar-refractivity contribution in [3.63, 3.8) is 0 Å². The lowest BCUT2D eigenvalue weighted by molar-refractivity contribution is -0.873. The van der Waals surface area contributed by atoms with Crippen molar-refractivity contribution in [2.24, 2.45) is 0 Å². The van der Waals surface area contributed by atoms with Crippen LogP contribution in [0.4, 0.5) is 16.2 Å². The van der Waals surface area contributed by atoms with Gasteiger partial charge in [-0.2, -0.15) is 10.9 Å². The van der Waals surface area contributed by atoms with Crippen LogP contribution in [0.3, 0.4) is 0 Å². The molecule has 0 bridgehead atoms. The van der Waals surface area contributed by atoms with Crippen LogP contribution in [0.2, 0.25) is 0 Å². The quantitative estimate of drug-likeness (QED) is 0.727. The largest absolute Gasteiger partial charge is 0.384 e. The number of amides is 2. The van der Waals surface area contributed by atoms with E-state index in [1.54, 1.807) is 5.12 Å². The summed E-state index contributed by atoms with van der Waals surface area (Å²) in [7, 11) is 0. The van der Waals surface area contributed by atoms with Gasteiger partial charge in [-0.05, 0) is 12.1 Å². The van der Waals surface area contributed by atoms with E-state index in [2.05, 4.69) is 10.9 Å². The predicted molar refractivity (Wildman–Crippen MR) is 67.7 cm³/mol. The molecule has 18 heavy (non-hydrogen) atoms. The maximum Gasteiger partial charge on any atom is 0.384 e. The highest BCUT2D eigenvalue weighted by atomic mass is 16.2. The number of quaternary nitrogens is 1. The molecule has 1 aliphatic rings. The van der Waals surface area contributed by atoms with Crippen molar-refractivity contribution < 1.29 is 9.91 Å². The Bertz CT molecular complexity index is 494. The van der Waals surface area contributed by atoms with Gasteiger partial charge in [-0.25, -0.2) is 4.79 Å². The Labute approximate surface area is 105 Å². The summed E-state index contributed by atoms with van der Waals surface area (Å²) in [5.41, 5.74) is 7.45. The summed E-state index contributed by atoms with van der Waals surface area (Å²) in [5, 5.41) is 2.49. The van der Waals surface area contributed by atoms with E-state index in [9.17, 15) is 4.79 Å². The first kappa shape index (κ1) is 10.6. The number of benzene rings is 2. The van der Waals surface area contributed by atoms with Crippen LogP contribution < -0.4 is 21.1 Å². The first-order valence-electron chi connectivity index (χ1n) is 5.70. The fraction of sp³-hybridized carbons (Fsp3) is 0. The summed E-state index contributed by atoms with van der Waals surface area (Å²) in [6.07, 6.45) is 0. The summed E-state index contributed by atoms with van der Waals surface area (Å²) in [6.45, 7) is 0. The minimum absolute atomic E-state index is 0.224. The fourth-order valence-electron chi connectivity index (χ4n) is 1.92. The summed E-state index contributed by atoms with van der Waals surface area (Å²) in [4.78, 5) is 11.5. The van der Waals surface area contributed by atoms with Crippen molar-refractivity contribution in [1.82, 2.24) is 10.9 Å². The lowest BCUT2D eigenvalue weighted by Gasteiger charge is -2.21. The number of hydrogen-bond donors (Lipinski definition) is 3. The maximum atomic E-state index is 11.5. The molecule has 1 saturated heterocycles. The first-order valence-corrected chi connectivity index (χ1v) is 5.70. The smallest absolute Gasteiger partial charge is 0.242 e. The second-order valence-corrected chi connectivity index (χ2v) is 3.95. The van der Waals surface area contributed by atoms with Crippen molar-refractivity contribution >= 4 is 17.4 Å². The molecule has 5 nitrogen and oxygen atoms in total. The number of carbonyl (C=O) groups is 1. The molecule has 0 saturated carbocycles. The van der Waals surface area contributed by atoms with Crippen LogP contribution in [-0.4, -0.2) is 6.03 Å². The number of rotatable bonds is 2. The molecule has 2 amide bonds. The molecule has 1 heterocycles. The number of para-hydroxylation sites is 2. The van der Waals surface area contributed by atoms with E-state index in [4.69, 9.17) is 0 Å². The lowest BCUT2D eigenvalue weighted by Crippen LogP contribution is -3.18. The molecule has 1 aliphatic heterocycles. The van der Waals surface area contributed by atoms with Gasteiger partial charge in [-0.15, -0.1) is 0 Å². The average molecular weight is 241 g/mol. The van der Waals surface area contributed by atoms with Crippen molar-refractivity contribution in [1.29, 1.82) is 0 Å². The molecule has 3 N–H and O–H groups in total. The van der Waals surface area contributed by atoms with Crippen LogP contribution in [0.15, 0.2) is 60.7 Å².